The van der Waals surface area contributed by atoms with E-state index in [0.29, 0.717) is 6.54 Å². The summed E-state index contributed by atoms with van der Waals surface area (Å²) in [4.78, 5) is 25.9. The minimum absolute atomic E-state index is 0.0183. The lowest BCUT2D eigenvalue weighted by Crippen LogP contribution is -2.44. The molecule has 2 aromatic rings. The monoisotopic (exact) mass is 384 g/mol. The number of nitrogens with zero attached hydrogens (tertiary/aromatic N) is 6. The van der Waals surface area contributed by atoms with Crippen LogP contribution in [0, 0.1) is 26.7 Å². The fraction of sp³-hybridized carbons (Fsp3) is 0.619. The molecule has 0 bridgehead atoms. The number of amides is 1. The average Bonchev–Trinajstić information content (AvgIpc) is 2.93. The molecule has 7 heteroatoms. The van der Waals surface area contributed by atoms with Crippen molar-refractivity contribution in [3.8, 4) is 0 Å². The molecule has 1 atom stereocenters. The molecule has 1 amide bonds. The highest BCUT2D eigenvalue weighted by Gasteiger charge is 2.29. The van der Waals surface area contributed by atoms with Crippen molar-refractivity contribution in [3.05, 3.63) is 34.9 Å². The molecule has 1 saturated heterocycles. The maximum Gasteiger partial charge on any atom is 0.227 e. The van der Waals surface area contributed by atoms with E-state index in [-0.39, 0.29) is 11.8 Å². The molecular weight excluding hydrogens is 352 g/mol. The van der Waals surface area contributed by atoms with E-state index in [1.807, 2.05) is 36.7 Å². The summed E-state index contributed by atoms with van der Waals surface area (Å²) in [5.41, 5.74) is 4.57. The van der Waals surface area contributed by atoms with Crippen LogP contribution in [-0.4, -0.2) is 57.2 Å². The lowest BCUT2D eigenvalue weighted by atomic mass is 9.96. The number of rotatable bonds is 6. The molecule has 28 heavy (non-hydrogen) atoms. The second-order valence-electron chi connectivity index (χ2n) is 7.92. The van der Waals surface area contributed by atoms with Gasteiger partial charge in [0.2, 0.25) is 11.9 Å². The third-order valence-corrected chi connectivity index (χ3v) is 5.79. The first kappa shape index (κ1) is 20.3. The number of aryl methyl sites for hydroxylation is 3. The molecule has 0 aromatic carbocycles. The van der Waals surface area contributed by atoms with Crippen LogP contribution in [-0.2, 0) is 18.3 Å². The standard InChI is InChI=1S/C21H32N6O/c1-15-10-11-22-21(23-15)27-13-6-8-18(14-27)20(28)25(4)12-7-9-19-16(2)24-26(5)17(19)3/h10-11,18H,6-9,12-14H2,1-5H3. The van der Waals surface area contributed by atoms with E-state index in [1.165, 1.54) is 11.3 Å². The Balaban J connectivity index is 1.54. The number of piperidine rings is 1. The van der Waals surface area contributed by atoms with Crippen LogP contribution in [0.2, 0.25) is 0 Å². The van der Waals surface area contributed by atoms with Crippen molar-refractivity contribution in [2.24, 2.45) is 13.0 Å². The summed E-state index contributed by atoms with van der Waals surface area (Å²) in [6.45, 7) is 8.51. The number of aromatic nitrogens is 4. The molecule has 1 fully saturated rings. The molecule has 0 N–H and O–H groups in total. The van der Waals surface area contributed by atoms with Gasteiger partial charge in [-0.25, -0.2) is 9.97 Å². The molecule has 1 unspecified atom stereocenters. The zero-order valence-electron chi connectivity index (χ0n) is 17.8. The smallest absolute Gasteiger partial charge is 0.227 e. The highest BCUT2D eigenvalue weighted by atomic mass is 16.2. The molecule has 0 spiro atoms. The summed E-state index contributed by atoms with van der Waals surface area (Å²) in [5.74, 6) is 0.990. The van der Waals surface area contributed by atoms with Crippen LogP contribution in [0.4, 0.5) is 5.95 Å². The Kier molecular flexibility index (Phi) is 6.31. The first-order valence-corrected chi connectivity index (χ1v) is 10.2. The van der Waals surface area contributed by atoms with Gasteiger partial charge in [0, 0.05) is 51.3 Å². The van der Waals surface area contributed by atoms with Gasteiger partial charge in [0.15, 0.2) is 0 Å². The van der Waals surface area contributed by atoms with Crippen molar-refractivity contribution in [3.63, 3.8) is 0 Å². The molecule has 152 valence electrons. The highest BCUT2D eigenvalue weighted by molar-refractivity contribution is 5.79. The van der Waals surface area contributed by atoms with E-state index in [4.69, 9.17) is 0 Å². The summed E-state index contributed by atoms with van der Waals surface area (Å²) in [6, 6.07) is 1.90. The van der Waals surface area contributed by atoms with Crippen molar-refractivity contribution in [1.29, 1.82) is 0 Å². The van der Waals surface area contributed by atoms with Gasteiger partial charge in [0.25, 0.3) is 0 Å². The van der Waals surface area contributed by atoms with Gasteiger partial charge in [-0.3, -0.25) is 9.48 Å². The highest BCUT2D eigenvalue weighted by Crippen LogP contribution is 2.22. The predicted octanol–water partition coefficient (Wildman–Crippen LogP) is 2.44. The SMILES string of the molecule is Cc1ccnc(N2CCCC(C(=O)N(C)CCCc3c(C)nn(C)c3C)C2)n1. The molecule has 3 rings (SSSR count). The molecule has 2 aromatic heterocycles. The summed E-state index contributed by atoms with van der Waals surface area (Å²) < 4.78 is 1.93. The molecule has 0 saturated carbocycles. The molecule has 7 nitrogen and oxygen atoms in total. The number of hydrogen-bond donors (Lipinski definition) is 0. The van der Waals surface area contributed by atoms with Crippen LogP contribution in [0.5, 0.6) is 0 Å². The number of carbonyl (C=O) groups excluding carboxylic acids is 1. The lowest BCUT2D eigenvalue weighted by molar-refractivity contribution is -0.134. The van der Waals surface area contributed by atoms with Crippen LogP contribution in [0.3, 0.4) is 0 Å². The van der Waals surface area contributed by atoms with Crippen molar-refractivity contribution >= 4 is 11.9 Å². The zero-order chi connectivity index (χ0) is 20.3. The van der Waals surface area contributed by atoms with E-state index < -0.39 is 0 Å². The minimum atomic E-state index is 0.0183. The molecule has 0 radical (unpaired) electrons. The summed E-state index contributed by atoms with van der Waals surface area (Å²) in [7, 11) is 3.90. The quantitative estimate of drug-likeness (QED) is 0.765. The Labute approximate surface area is 167 Å². The van der Waals surface area contributed by atoms with Gasteiger partial charge in [0.1, 0.15) is 0 Å². The Morgan fingerprint density at radius 2 is 2.11 bits per heavy atom. The second kappa shape index (κ2) is 8.71. The van der Waals surface area contributed by atoms with Crippen molar-refractivity contribution in [2.75, 3.05) is 31.6 Å². The topological polar surface area (TPSA) is 67.2 Å². The molecule has 3 heterocycles. The van der Waals surface area contributed by atoms with Gasteiger partial charge >= 0.3 is 0 Å². The summed E-state index contributed by atoms with van der Waals surface area (Å²) in [6.07, 6.45) is 5.63. The van der Waals surface area contributed by atoms with Crippen LogP contribution < -0.4 is 4.90 Å². The van der Waals surface area contributed by atoms with Crippen LogP contribution in [0.25, 0.3) is 0 Å². The van der Waals surface area contributed by atoms with E-state index in [1.54, 1.807) is 6.20 Å². The second-order valence-corrected chi connectivity index (χ2v) is 7.92. The number of carbonyl (C=O) groups is 1. The van der Waals surface area contributed by atoms with Gasteiger partial charge in [-0.05, 0) is 58.1 Å². The van der Waals surface area contributed by atoms with Crippen LogP contribution in [0.15, 0.2) is 12.3 Å². The predicted molar refractivity (Wildman–Crippen MR) is 110 cm³/mol. The van der Waals surface area contributed by atoms with E-state index >= 15 is 0 Å². The van der Waals surface area contributed by atoms with Crippen molar-refractivity contribution in [2.45, 2.75) is 46.5 Å². The van der Waals surface area contributed by atoms with Crippen molar-refractivity contribution < 1.29 is 4.79 Å². The van der Waals surface area contributed by atoms with E-state index in [2.05, 4.69) is 33.8 Å². The van der Waals surface area contributed by atoms with Gasteiger partial charge in [0.05, 0.1) is 11.6 Å². The molecule has 0 aliphatic carbocycles. The van der Waals surface area contributed by atoms with Crippen LogP contribution in [0.1, 0.15) is 41.9 Å². The first-order chi connectivity index (χ1) is 13.4. The average molecular weight is 385 g/mol. The molecule has 1 aliphatic rings. The minimum Gasteiger partial charge on any atom is -0.345 e. The third kappa shape index (κ3) is 4.51. The van der Waals surface area contributed by atoms with Gasteiger partial charge in [-0.1, -0.05) is 0 Å². The van der Waals surface area contributed by atoms with Gasteiger partial charge in [-0.15, -0.1) is 0 Å². The lowest BCUT2D eigenvalue weighted by Gasteiger charge is -2.34. The number of hydrogen-bond acceptors (Lipinski definition) is 5. The maximum atomic E-state index is 13.0. The van der Waals surface area contributed by atoms with E-state index in [9.17, 15) is 4.79 Å². The van der Waals surface area contributed by atoms with Crippen LogP contribution >= 0.6 is 0 Å². The van der Waals surface area contributed by atoms with Gasteiger partial charge < -0.3 is 9.80 Å². The number of anilines is 1. The summed E-state index contributed by atoms with van der Waals surface area (Å²) in [5, 5.41) is 4.48. The first-order valence-electron chi connectivity index (χ1n) is 10.2. The third-order valence-electron chi connectivity index (χ3n) is 5.79. The van der Waals surface area contributed by atoms with Gasteiger partial charge in [-0.2, -0.15) is 5.10 Å². The fourth-order valence-electron chi connectivity index (χ4n) is 4.04. The Hall–Kier alpha value is -2.44. The zero-order valence-corrected chi connectivity index (χ0v) is 17.8. The maximum absolute atomic E-state index is 13.0. The molecule has 1 aliphatic heterocycles. The van der Waals surface area contributed by atoms with Crippen molar-refractivity contribution in [1.82, 2.24) is 24.6 Å². The Morgan fingerprint density at radius 3 is 2.79 bits per heavy atom. The Bertz CT molecular complexity index is 830. The van der Waals surface area contributed by atoms with E-state index in [0.717, 1.165) is 56.1 Å². The summed E-state index contributed by atoms with van der Waals surface area (Å²) >= 11 is 0. The molecular formula is C21H32N6O. The largest absolute Gasteiger partial charge is 0.345 e. The normalized spacial score (nSPS) is 17.0. The Morgan fingerprint density at radius 1 is 1.32 bits per heavy atom. The fourth-order valence-corrected chi connectivity index (χ4v) is 4.04.